The number of hydrogen-bond acceptors (Lipinski definition) is 5. The molecule has 0 radical (unpaired) electrons. The Morgan fingerprint density at radius 1 is 1.15 bits per heavy atom. The number of halogens is 1. The van der Waals surface area contributed by atoms with Crippen molar-refractivity contribution in [2.45, 2.75) is 31.0 Å². The molecule has 2 N–H and O–H groups in total. The summed E-state index contributed by atoms with van der Waals surface area (Å²) in [5.41, 5.74) is -1.27. The standard InChI is InChI=1S/C25H27FNO5P/c1-17(2)14-15-25(23(28)29,33(31)32-3)24(30,16-18-8-11-20(26)12-9-18)22-13-10-19-6-4-5-7-21(19)27-22/h4-15,17,30,33H,16H2,1-3H3,(H,28,29). The van der Waals surface area contributed by atoms with E-state index in [4.69, 9.17) is 4.52 Å². The summed E-state index contributed by atoms with van der Waals surface area (Å²) < 4.78 is 31.9. The Morgan fingerprint density at radius 3 is 2.42 bits per heavy atom. The van der Waals surface area contributed by atoms with Crippen LogP contribution in [0.1, 0.15) is 25.1 Å². The van der Waals surface area contributed by atoms with Crippen molar-refractivity contribution >= 4 is 24.9 Å². The van der Waals surface area contributed by atoms with Crippen molar-refractivity contribution in [3.8, 4) is 0 Å². The van der Waals surface area contributed by atoms with E-state index >= 15 is 0 Å². The van der Waals surface area contributed by atoms with Gasteiger partial charge in [0.1, 0.15) is 11.4 Å². The molecule has 1 heterocycles. The van der Waals surface area contributed by atoms with Crippen LogP contribution in [0, 0.1) is 11.7 Å². The van der Waals surface area contributed by atoms with Gasteiger partial charge < -0.3 is 14.7 Å². The molecule has 3 atom stereocenters. The SMILES string of the molecule is CO[PH](=O)C(C=CC(C)C)(C(=O)O)C(O)(Cc1ccc(F)cc1)c1ccc2ccccc2n1. The predicted molar refractivity (Wildman–Crippen MR) is 126 cm³/mol. The van der Waals surface area contributed by atoms with E-state index in [9.17, 15) is 24.0 Å². The number of allylic oxidation sites excluding steroid dienone is 1. The Balaban J connectivity index is 2.35. The van der Waals surface area contributed by atoms with Gasteiger partial charge in [0.15, 0.2) is 5.16 Å². The van der Waals surface area contributed by atoms with Crippen molar-refractivity contribution in [1.29, 1.82) is 0 Å². The number of aliphatic hydroxyl groups is 1. The van der Waals surface area contributed by atoms with Gasteiger partial charge in [-0.25, -0.2) is 9.37 Å². The first-order valence-electron chi connectivity index (χ1n) is 10.5. The molecule has 2 aromatic carbocycles. The number of fused-ring (bicyclic) bond motifs is 1. The van der Waals surface area contributed by atoms with E-state index in [1.54, 1.807) is 24.3 Å². The van der Waals surface area contributed by atoms with Gasteiger partial charge in [-0.05, 0) is 35.7 Å². The molecule has 3 rings (SSSR count). The molecule has 8 heteroatoms. The molecular formula is C25H27FNO5P. The van der Waals surface area contributed by atoms with E-state index in [-0.39, 0.29) is 18.0 Å². The molecule has 3 unspecified atom stereocenters. The molecule has 0 spiro atoms. The van der Waals surface area contributed by atoms with Crippen molar-refractivity contribution in [3.05, 3.63) is 89.9 Å². The molecule has 0 saturated heterocycles. The Kier molecular flexibility index (Phi) is 7.48. The number of pyridine rings is 1. The first kappa shape index (κ1) is 24.8. The minimum atomic E-state index is -3.41. The third-order valence-electron chi connectivity index (χ3n) is 5.62. The van der Waals surface area contributed by atoms with E-state index in [1.165, 1.54) is 36.4 Å². The third-order valence-corrected chi connectivity index (χ3v) is 7.43. The average Bonchev–Trinajstić information content (AvgIpc) is 2.80. The maximum Gasteiger partial charge on any atom is 0.326 e. The lowest BCUT2D eigenvalue weighted by Gasteiger charge is -2.41. The number of carboxylic acids is 1. The number of para-hydroxylation sites is 1. The van der Waals surface area contributed by atoms with Gasteiger partial charge in [0.25, 0.3) is 0 Å². The maximum atomic E-state index is 13.5. The Hall–Kier alpha value is -2.86. The fourth-order valence-electron chi connectivity index (χ4n) is 3.83. The van der Waals surface area contributed by atoms with Crippen LogP contribution < -0.4 is 0 Å². The van der Waals surface area contributed by atoms with E-state index in [0.29, 0.717) is 11.1 Å². The van der Waals surface area contributed by atoms with E-state index in [2.05, 4.69) is 4.98 Å². The highest BCUT2D eigenvalue weighted by Crippen LogP contribution is 2.54. The second-order valence-corrected chi connectivity index (χ2v) is 10.0. The zero-order valence-electron chi connectivity index (χ0n) is 18.7. The van der Waals surface area contributed by atoms with E-state index in [0.717, 1.165) is 12.5 Å². The molecular weight excluding hydrogens is 444 g/mol. The third kappa shape index (κ3) is 4.76. The van der Waals surface area contributed by atoms with Crippen molar-refractivity contribution in [1.82, 2.24) is 4.98 Å². The second-order valence-electron chi connectivity index (χ2n) is 8.26. The van der Waals surface area contributed by atoms with Crippen LogP contribution in [-0.4, -0.2) is 33.4 Å². The first-order valence-corrected chi connectivity index (χ1v) is 11.8. The Labute approximate surface area is 192 Å². The minimum Gasteiger partial charge on any atom is -0.480 e. The number of rotatable bonds is 9. The molecule has 3 aromatic rings. The number of carbonyl (C=O) groups is 1. The zero-order valence-corrected chi connectivity index (χ0v) is 19.7. The fraction of sp³-hybridized carbons (Fsp3) is 0.280. The van der Waals surface area contributed by atoms with E-state index < -0.39 is 30.6 Å². The summed E-state index contributed by atoms with van der Waals surface area (Å²) >= 11 is 0. The monoisotopic (exact) mass is 471 g/mol. The Bertz CT molecular complexity index is 1200. The normalized spacial score (nSPS) is 16.5. The lowest BCUT2D eigenvalue weighted by Crippen LogP contribution is -2.55. The fourth-order valence-corrected chi connectivity index (χ4v) is 5.12. The highest BCUT2D eigenvalue weighted by atomic mass is 31.1. The summed E-state index contributed by atoms with van der Waals surface area (Å²) in [6.07, 6.45) is 2.55. The zero-order chi connectivity index (χ0) is 24.2. The number of aliphatic carboxylic acids is 1. The van der Waals surface area contributed by atoms with Gasteiger partial charge in [-0.1, -0.05) is 62.4 Å². The van der Waals surface area contributed by atoms with Gasteiger partial charge in [-0.3, -0.25) is 9.36 Å². The molecule has 174 valence electrons. The topological polar surface area (TPSA) is 96.7 Å². The van der Waals surface area contributed by atoms with Crippen molar-refractivity contribution in [2.75, 3.05) is 7.11 Å². The quantitative estimate of drug-likeness (QED) is 0.338. The molecule has 0 aliphatic heterocycles. The number of benzene rings is 2. The molecule has 0 saturated carbocycles. The van der Waals surface area contributed by atoms with Gasteiger partial charge in [0.2, 0.25) is 8.03 Å². The van der Waals surface area contributed by atoms with Crippen LogP contribution in [0.3, 0.4) is 0 Å². The second kappa shape index (κ2) is 9.96. The van der Waals surface area contributed by atoms with Crippen molar-refractivity contribution in [3.63, 3.8) is 0 Å². The summed E-state index contributed by atoms with van der Waals surface area (Å²) in [4.78, 5) is 17.4. The van der Waals surface area contributed by atoms with Gasteiger partial charge >= 0.3 is 5.97 Å². The van der Waals surface area contributed by atoms with Gasteiger partial charge in [0.05, 0.1) is 11.2 Å². The van der Waals surface area contributed by atoms with Crippen molar-refractivity contribution < 1.29 is 28.5 Å². The van der Waals surface area contributed by atoms with Gasteiger partial charge in [0, 0.05) is 18.9 Å². The lowest BCUT2D eigenvalue weighted by molar-refractivity contribution is -0.147. The largest absolute Gasteiger partial charge is 0.480 e. The first-order chi connectivity index (χ1) is 15.6. The summed E-state index contributed by atoms with van der Waals surface area (Å²) in [6, 6.07) is 15.8. The van der Waals surface area contributed by atoms with Crippen LogP contribution in [0.25, 0.3) is 10.9 Å². The van der Waals surface area contributed by atoms with Crippen LogP contribution in [0.5, 0.6) is 0 Å². The number of aromatic nitrogens is 1. The van der Waals surface area contributed by atoms with E-state index in [1.807, 2.05) is 26.0 Å². The number of nitrogens with zero attached hydrogens (tertiary/aromatic N) is 1. The molecule has 0 amide bonds. The summed E-state index contributed by atoms with van der Waals surface area (Å²) in [5.74, 6) is -2.07. The smallest absolute Gasteiger partial charge is 0.326 e. The molecule has 6 nitrogen and oxygen atoms in total. The number of carboxylic acid groups (broad SMARTS) is 1. The molecule has 0 fully saturated rings. The molecule has 1 aromatic heterocycles. The molecule has 0 bridgehead atoms. The summed E-state index contributed by atoms with van der Waals surface area (Å²) in [6.45, 7) is 3.67. The molecule has 0 aliphatic carbocycles. The van der Waals surface area contributed by atoms with Crippen LogP contribution in [0.4, 0.5) is 4.39 Å². The Morgan fingerprint density at radius 2 is 1.82 bits per heavy atom. The summed E-state index contributed by atoms with van der Waals surface area (Å²) in [7, 11) is -2.26. The average molecular weight is 471 g/mol. The van der Waals surface area contributed by atoms with Crippen LogP contribution >= 0.6 is 8.03 Å². The summed E-state index contributed by atoms with van der Waals surface area (Å²) in [5, 5.41) is 21.1. The van der Waals surface area contributed by atoms with Crippen LogP contribution in [-0.2, 0) is 25.9 Å². The van der Waals surface area contributed by atoms with Gasteiger partial charge in [-0.2, -0.15) is 0 Å². The highest BCUT2D eigenvalue weighted by molar-refractivity contribution is 7.43. The van der Waals surface area contributed by atoms with Crippen molar-refractivity contribution in [2.24, 2.45) is 5.92 Å². The number of hydrogen-bond donors (Lipinski definition) is 2. The molecule has 0 aliphatic rings. The molecule has 33 heavy (non-hydrogen) atoms. The van der Waals surface area contributed by atoms with Crippen LogP contribution in [0.2, 0.25) is 0 Å². The van der Waals surface area contributed by atoms with Gasteiger partial charge in [-0.15, -0.1) is 0 Å². The maximum absolute atomic E-state index is 13.5. The van der Waals surface area contributed by atoms with Crippen LogP contribution in [0.15, 0.2) is 72.8 Å². The lowest BCUT2D eigenvalue weighted by atomic mass is 9.77. The highest BCUT2D eigenvalue weighted by Gasteiger charge is 2.61. The predicted octanol–water partition coefficient (Wildman–Crippen LogP) is 4.96. The minimum absolute atomic E-state index is 0.0248.